The average molecular weight is 183 g/mol. The summed E-state index contributed by atoms with van der Waals surface area (Å²) in [5.41, 5.74) is 0. The minimum atomic E-state index is -0.175. The molecule has 0 unspecified atom stereocenters. The zero-order chi connectivity index (χ0) is 9.68. The quantitative estimate of drug-likeness (QED) is 0.494. The number of hydroxylamine groups is 2. The highest BCUT2D eigenvalue weighted by atomic mass is 16.7. The van der Waals surface area contributed by atoms with Gasteiger partial charge in [0.15, 0.2) is 0 Å². The Morgan fingerprint density at radius 1 is 1.46 bits per heavy atom. The van der Waals surface area contributed by atoms with Crippen LogP contribution in [0.5, 0.6) is 0 Å². The molecule has 0 aromatic rings. The van der Waals surface area contributed by atoms with Crippen LogP contribution in [-0.2, 0) is 9.63 Å². The Balaban J connectivity index is 2.29. The molecular weight excluding hydrogens is 166 g/mol. The molecule has 13 heavy (non-hydrogen) atoms. The molecule has 1 aliphatic carbocycles. The van der Waals surface area contributed by atoms with E-state index in [0.717, 1.165) is 12.8 Å². The Morgan fingerprint density at radius 2 is 2.08 bits per heavy atom. The standard InChI is InChI=1S/C10H17NO2/c1-3-10(12)11(2)13-9-7-5-4-6-8-9/h3,9H,1,4-8H2,2H3. The van der Waals surface area contributed by atoms with Crippen LogP contribution in [-0.4, -0.2) is 24.1 Å². The van der Waals surface area contributed by atoms with E-state index in [0.29, 0.717) is 0 Å². The monoisotopic (exact) mass is 183 g/mol. The third-order valence-corrected chi connectivity index (χ3v) is 2.34. The smallest absolute Gasteiger partial charge is 0.268 e. The molecule has 74 valence electrons. The Labute approximate surface area is 79.3 Å². The maximum absolute atomic E-state index is 11.1. The third-order valence-electron chi connectivity index (χ3n) is 2.34. The first-order valence-electron chi connectivity index (χ1n) is 4.81. The Bertz CT molecular complexity index is 185. The normalized spacial score (nSPS) is 18.2. The van der Waals surface area contributed by atoms with E-state index in [1.165, 1.54) is 30.4 Å². The fourth-order valence-corrected chi connectivity index (χ4v) is 1.57. The largest absolute Gasteiger partial charge is 0.269 e. The van der Waals surface area contributed by atoms with E-state index in [1.807, 2.05) is 0 Å². The molecule has 1 saturated carbocycles. The second kappa shape index (κ2) is 5.02. The van der Waals surface area contributed by atoms with Gasteiger partial charge in [0.2, 0.25) is 0 Å². The minimum Gasteiger partial charge on any atom is -0.268 e. The third kappa shape index (κ3) is 3.19. The van der Waals surface area contributed by atoms with Crippen LogP contribution >= 0.6 is 0 Å². The van der Waals surface area contributed by atoms with Crippen LogP contribution in [0.15, 0.2) is 12.7 Å². The number of hydrogen-bond donors (Lipinski definition) is 0. The van der Waals surface area contributed by atoms with E-state index < -0.39 is 0 Å². The minimum absolute atomic E-state index is 0.175. The van der Waals surface area contributed by atoms with Crippen LogP contribution in [0.25, 0.3) is 0 Å². The summed E-state index contributed by atoms with van der Waals surface area (Å²) < 4.78 is 0. The van der Waals surface area contributed by atoms with Crippen molar-refractivity contribution in [2.75, 3.05) is 7.05 Å². The molecule has 1 fully saturated rings. The second-order valence-electron chi connectivity index (χ2n) is 3.41. The lowest BCUT2D eigenvalue weighted by molar-refractivity contribution is -0.196. The van der Waals surface area contributed by atoms with Gasteiger partial charge in [-0.2, -0.15) is 0 Å². The van der Waals surface area contributed by atoms with E-state index in [4.69, 9.17) is 4.84 Å². The first-order chi connectivity index (χ1) is 6.24. The first kappa shape index (κ1) is 10.3. The summed E-state index contributed by atoms with van der Waals surface area (Å²) in [4.78, 5) is 16.5. The summed E-state index contributed by atoms with van der Waals surface area (Å²) in [6.07, 6.45) is 7.33. The Hall–Kier alpha value is -0.830. The molecule has 0 aromatic carbocycles. The van der Waals surface area contributed by atoms with Crippen molar-refractivity contribution in [3.8, 4) is 0 Å². The van der Waals surface area contributed by atoms with Crippen LogP contribution in [0.1, 0.15) is 32.1 Å². The number of likely N-dealkylation sites (N-methyl/N-ethyl adjacent to an activating group) is 1. The van der Waals surface area contributed by atoms with Gasteiger partial charge in [-0.05, 0) is 18.9 Å². The zero-order valence-electron chi connectivity index (χ0n) is 8.16. The second-order valence-corrected chi connectivity index (χ2v) is 3.41. The lowest BCUT2D eigenvalue weighted by Gasteiger charge is -2.26. The van der Waals surface area contributed by atoms with Gasteiger partial charge in [-0.1, -0.05) is 25.8 Å². The van der Waals surface area contributed by atoms with Crippen molar-refractivity contribution in [3.63, 3.8) is 0 Å². The number of carbonyl (C=O) groups excluding carboxylic acids is 1. The molecule has 1 rings (SSSR count). The SMILES string of the molecule is C=CC(=O)N(C)OC1CCCCC1. The Morgan fingerprint density at radius 3 is 2.62 bits per heavy atom. The highest BCUT2D eigenvalue weighted by Crippen LogP contribution is 2.20. The van der Waals surface area contributed by atoms with Gasteiger partial charge < -0.3 is 0 Å². The van der Waals surface area contributed by atoms with Crippen LogP contribution < -0.4 is 0 Å². The van der Waals surface area contributed by atoms with Gasteiger partial charge in [0.05, 0.1) is 6.10 Å². The lowest BCUT2D eigenvalue weighted by Crippen LogP contribution is -2.31. The van der Waals surface area contributed by atoms with Gasteiger partial charge in [0.25, 0.3) is 5.91 Å². The van der Waals surface area contributed by atoms with E-state index in [1.54, 1.807) is 7.05 Å². The van der Waals surface area contributed by atoms with Crippen molar-refractivity contribution in [3.05, 3.63) is 12.7 Å². The van der Waals surface area contributed by atoms with Crippen LogP contribution in [0.3, 0.4) is 0 Å². The first-order valence-corrected chi connectivity index (χ1v) is 4.81. The molecule has 0 bridgehead atoms. The number of hydrogen-bond acceptors (Lipinski definition) is 2. The molecule has 0 spiro atoms. The molecular formula is C10H17NO2. The summed E-state index contributed by atoms with van der Waals surface area (Å²) in [5, 5.41) is 1.28. The lowest BCUT2D eigenvalue weighted by atomic mass is 9.98. The topological polar surface area (TPSA) is 29.5 Å². The summed E-state index contributed by atoms with van der Waals surface area (Å²) in [6, 6.07) is 0. The van der Waals surface area contributed by atoms with E-state index in [2.05, 4.69) is 6.58 Å². The number of carbonyl (C=O) groups is 1. The van der Waals surface area contributed by atoms with E-state index in [-0.39, 0.29) is 12.0 Å². The summed E-state index contributed by atoms with van der Waals surface area (Å²) in [5.74, 6) is -0.175. The molecule has 0 N–H and O–H groups in total. The van der Waals surface area contributed by atoms with Gasteiger partial charge >= 0.3 is 0 Å². The van der Waals surface area contributed by atoms with E-state index >= 15 is 0 Å². The molecule has 3 heteroatoms. The van der Waals surface area contributed by atoms with Crippen LogP contribution in [0.4, 0.5) is 0 Å². The number of nitrogens with zero attached hydrogens (tertiary/aromatic N) is 1. The molecule has 0 heterocycles. The molecule has 0 aromatic heterocycles. The van der Waals surface area contributed by atoms with Gasteiger partial charge in [0, 0.05) is 7.05 Å². The van der Waals surface area contributed by atoms with Crippen molar-refractivity contribution < 1.29 is 9.63 Å². The van der Waals surface area contributed by atoms with Crippen LogP contribution in [0.2, 0.25) is 0 Å². The van der Waals surface area contributed by atoms with Crippen molar-refractivity contribution in [1.82, 2.24) is 5.06 Å². The van der Waals surface area contributed by atoms with Crippen LogP contribution in [0, 0.1) is 0 Å². The molecule has 0 saturated heterocycles. The van der Waals surface area contributed by atoms with Gasteiger partial charge in [-0.25, -0.2) is 5.06 Å². The summed E-state index contributed by atoms with van der Waals surface area (Å²) in [7, 11) is 1.64. The maximum Gasteiger partial charge on any atom is 0.269 e. The van der Waals surface area contributed by atoms with Gasteiger partial charge in [-0.3, -0.25) is 9.63 Å². The molecule has 1 amide bonds. The summed E-state index contributed by atoms with van der Waals surface area (Å²) in [6.45, 7) is 3.40. The van der Waals surface area contributed by atoms with Crippen molar-refractivity contribution in [1.29, 1.82) is 0 Å². The average Bonchev–Trinajstić information content (AvgIpc) is 2.18. The zero-order valence-corrected chi connectivity index (χ0v) is 8.16. The molecule has 3 nitrogen and oxygen atoms in total. The maximum atomic E-state index is 11.1. The molecule has 0 atom stereocenters. The van der Waals surface area contributed by atoms with Gasteiger partial charge in [0.1, 0.15) is 0 Å². The number of amides is 1. The summed E-state index contributed by atoms with van der Waals surface area (Å²) >= 11 is 0. The van der Waals surface area contributed by atoms with Crippen molar-refractivity contribution >= 4 is 5.91 Å². The fourth-order valence-electron chi connectivity index (χ4n) is 1.57. The van der Waals surface area contributed by atoms with Gasteiger partial charge in [-0.15, -0.1) is 0 Å². The fraction of sp³-hybridized carbons (Fsp3) is 0.700. The predicted octanol–water partition coefficient (Wildman–Crippen LogP) is 1.90. The molecule has 1 aliphatic rings. The molecule has 0 aliphatic heterocycles. The highest BCUT2D eigenvalue weighted by Gasteiger charge is 2.17. The van der Waals surface area contributed by atoms with Crippen molar-refractivity contribution in [2.45, 2.75) is 38.2 Å². The molecule has 0 radical (unpaired) electrons. The highest BCUT2D eigenvalue weighted by molar-refractivity contribution is 5.85. The Kier molecular flexibility index (Phi) is 3.96. The number of rotatable bonds is 3. The predicted molar refractivity (Wildman–Crippen MR) is 50.9 cm³/mol. The van der Waals surface area contributed by atoms with E-state index in [9.17, 15) is 4.79 Å². The van der Waals surface area contributed by atoms with Crippen molar-refractivity contribution in [2.24, 2.45) is 0 Å².